The van der Waals surface area contributed by atoms with Crippen LogP contribution in [0.3, 0.4) is 0 Å². The molecule has 0 radical (unpaired) electrons. The molecule has 5 nitrogen and oxygen atoms in total. The highest BCUT2D eigenvalue weighted by Crippen LogP contribution is 2.09. The minimum Gasteiger partial charge on any atom is -0.444 e. The zero-order chi connectivity index (χ0) is 15.0. The second-order valence-electron chi connectivity index (χ2n) is 6.53. The van der Waals surface area contributed by atoms with E-state index in [0.717, 1.165) is 39.0 Å². The summed E-state index contributed by atoms with van der Waals surface area (Å²) >= 11 is 0. The summed E-state index contributed by atoms with van der Waals surface area (Å²) in [4.78, 5) is 11.6. The Morgan fingerprint density at radius 3 is 2.80 bits per heavy atom. The maximum atomic E-state index is 11.6. The van der Waals surface area contributed by atoms with E-state index < -0.39 is 5.60 Å². The molecular weight excluding hydrogens is 256 g/mol. The molecule has 0 spiro atoms. The van der Waals surface area contributed by atoms with Crippen LogP contribution in [0.4, 0.5) is 4.79 Å². The summed E-state index contributed by atoms with van der Waals surface area (Å²) in [7, 11) is 0. The van der Waals surface area contributed by atoms with Crippen LogP contribution in [0.25, 0.3) is 0 Å². The fourth-order valence-corrected chi connectivity index (χ4v) is 2.19. The van der Waals surface area contributed by atoms with Crippen LogP contribution >= 0.6 is 0 Å². The molecule has 2 unspecified atom stereocenters. The first-order valence-electron chi connectivity index (χ1n) is 7.67. The van der Waals surface area contributed by atoms with Gasteiger partial charge >= 0.3 is 6.09 Å². The maximum absolute atomic E-state index is 11.6. The van der Waals surface area contributed by atoms with Gasteiger partial charge in [0.1, 0.15) is 5.60 Å². The fraction of sp³-hybridized carbons (Fsp3) is 0.933. The molecular formula is C15H30N2O3. The van der Waals surface area contributed by atoms with Crippen LogP contribution in [0.2, 0.25) is 0 Å². The average molecular weight is 286 g/mol. The number of amides is 1. The minimum atomic E-state index is -0.442. The quantitative estimate of drug-likeness (QED) is 0.815. The van der Waals surface area contributed by atoms with Gasteiger partial charge in [0, 0.05) is 25.3 Å². The van der Waals surface area contributed by atoms with Gasteiger partial charge in [-0.3, -0.25) is 0 Å². The van der Waals surface area contributed by atoms with Crippen molar-refractivity contribution >= 4 is 6.09 Å². The highest BCUT2D eigenvalue weighted by Gasteiger charge is 2.18. The molecule has 1 saturated heterocycles. The summed E-state index contributed by atoms with van der Waals surface area (Å²) in [5.41, 5.74) is -0.442. The lowest BCUT2D eigenvalue weighted by Gasteiger charge is -2.22. The van der Waals surface area contributed by atoms with Crippen LogP contribution in [0.1, 0.15) is 53.4 Å². The van der Waals surface area contributed by atoms with Crippen LogP contribution in [0.5, 0.6) is 0 Å². The van der Waals surface area contributed by atoms with E-state index in [9.17, 15) is 4.79 Å². The molecule has 2 N–H and O–H groups in total. The molecule has 20 heavy (non-hydrogen) atoms. The topological polar surface area (TPSA) is 59.6 Å². The zero-order valence-corrected chi connectivity index (χ0v) is 13.3. The molecule has 1 amide bonds. The SMILES string of the molecule is CC(CCNC1CCCOCC1)NC(=O)OC(C)(C)C. The third kappa shape index (κ3) is 8.38. The molecule has 1 heterocycles. The second kappa shape index (κ2) is 8.47. The molecule has 0 bridgehead atoms. The minimum absolute atomic E-state index is 0.111. The Kier molecular flexibility index (Phi) is 7.30. The molecule has 0 aromatic carbocycles. The number of nitrogens with one attached hydrogen (secondary N) is 2. The maximum Gasteiger partial charge on any atom is 0.407 e. The lowest BCUT2D eigenvalue weighted by Crippen LogP contribution is -2.40. The Balaban J connectivity index is 2.13. The van der Waals surface area contributed by atoms with E-state index in [0.29, 0.717) is 6.04 Å². The normalized spacial score (nSPS) is 21.9. The Hall–Kier alpha value is -0.810. The Labute approximate surface area is 122 Å². The van der Waals surface area contributed by atoms with E-state index >= 15 is 0 Å². The fourth-order valence-electron chi connectivity index (χ4n) is 2.19. The van der Waals surface area contributed by atoms with Crippen LogP contribution in [-0.4, -0.2) is 43.5 Å². The van der Waals surface area contributed by atoms with Crippen molar-refractivity contribution in [3.8, 4) is 0 Å². The molecule has 0 saturated carbocycles. The third-order valence-electron chi connectivity index (χ3n) is 3.23. The highest BCUT2D eigenvalue weighted by atomic mass is 16.6. The van der Waals surface area contributed by atoms with Gasteiger partial charge in [-0.1, -0.05) is 0 Å². The van der Waals surface area contributed by atoms with Crippen molar-refractivity contribution in [2.24, 2.45) is 0 Å². The van der Waals surface area contributed by atoms with Gasteiger partial charge in [0.2, 0.25) is 0 Å². The number of carbonyl (C=O) groups excluding carboxylic acids is 1. The zero-order valence-electron chi connectivity index (χ0n) is 13.3. The predicted molar refractivity (Wildman–Crippen MR) is 79.9 cm³/mol. The van der Waals surface area contributed by atoms with E-state index in [1.807, 2.05) is 27.7 Å². The van der Waals surface area contributed by atoms with Crippen LogP contribution in [0, 0.1) is 0 Å². The Morgan fingerprint density at radius 1 is 1.35 bits per heavy atom. The second-order valence-corrected chi connectivity index (χ2v) is 6.53. The molecule has 1 fully saturated rings. The number of rotatable bonds is 5. The van der Waals surface area contributed by atoms with Crippen molar-refractivity contribution in [1.29, 1.82) is 0 Å². The first kappa shape index (κ1) is 17.2. The predicted octanol–water partition coefficient (Wildman–Crippen LogP) is 2.45. The number of hydrogen-bond donors (Lipinski definition) is 2. The first-order chi connectivity index (χ1) is 9.37. The van der Waals surface area contributed by atoms with Gasteiger partial charge in [-0.25, -0.2) is 4.79 Å². The molecule has 118 valence electrons. The molecule has 0 aromatic rings. The number of ether oxygens (including phenoxy) is 2. The van der Waals surface area contributed by atoms with E-state index in [4.69, 9.17) is 9.47 Å². The first-order valence-corrected chi connectivity index (χ1v) is 7.67. The summed E-state index contributed by atoms with van der Waals surface area (Å²) in [6, 6.07) is 0.658. The van der Waals surface area contributed by atoms with E-state index in [2.05, 4.69) is 10.6 Å². The monoisotopic (exact) mass is 286 g/mol. The molecule has 0 aliphatic carbocycles. The van der Waals surface area contributed by atoms with E-state index in [1.54, 1.807) is 0 Å². The van der Waals surface area contributed by atoms with Crippen molar-refractivity contribution in [2.45, 2.75) is 71.1 Å². The number of carbonyl (C=O) groups is 1. The van der Waals surface area contributed by atoms with Gasteiger partial charge < -0.3 is 20.1 Å². The largest absolute Gasteiger partial charge is 0.444 e. The summed E-state index contributed by atoms with van der Waals surface area (Å²) < 4.78 is 10.7. The van der Waals surface area contributed by atoms with Gasteiger partial charge in [0.25, 0.3) is 0 Å². The molecule has 1 rings (SSSR count). The van der Waals surface area contributed by atoms with E-state index in [-0.39, 0.29) is 12.1 Å². The molecule has 0 aromatic heterocycles. The summed E-state index contributed by atoms with van der Waals surface area (Å²) in [6.07, 6.45) is 3.94. The Morgan fingerprint density at radius 2 is 2.10 bits per heavy atom. The Bertz CT molecular complexity index is 281. The van der Waals surface area contributed by atoms with Gasteiger partial charge in [-0.05, 0) is 59.9 Å². The van der Waals surface area contributed by atoms with Gasteiger partial charge in [0.15, 0.2) is 0 Å². The summed E-state index contributed by atoms with van der Waals surface area (Å²) in [5.74, 6) is 0. The number of alkyl carbamates (subject to hydrolysis) is 1. The van der Waals surface area contributed by atoms with Crippen molar-refractivity contribution in [2.75, 3.05) is 19.8 Å². The lowest BCUT2D eigenvalue weighted by molar-refractivity contribution is 0.0506. The van der Waals surface area contributed by atoms with Gasteiger partial charge in [-0.15, -0.1) is 0 Å². The van der Waals surface area contributed by atoms with Gasteiger partial charge in [-0.2, -0.15) is 0 Å². The molecule has 2 atom stereocenters. The van der Waals surface area contributed by atoms with E-state index in [1.165, 1.54) is 6.42 Å². The molecule has 1 aliphatic heterocycles. The highest BCUT2D eigenvalue weighted by molar-refractivity contribution is 5.67. The lowest BCUT2D eigenvalue weighted by atomic mass is 10.1. The van der Waals surface area contributed by atoms with Crippen LogP contribution in [0.15, 0.2) is 0 Å². The molecule has 1 aliphatic rings. The van der Waals surface area contributed by atoms with Crippen LogP contribution < -0.4 is 10.6 Å². The van der Waals surface area contributed by atoms with Crippen LogP contribution in [-0.2, 0) is 9.47 Å². The number of hydrogen-bond acceptors (Lipinski definition) is 4. The van der Waals surface area contributed by atoms with Crippen molar-refractivity contribution in [3.63, 3.8) is 0 Å². The van der Waals surface area contributed by atoms with Crippen molar-refractivity contribution in [1.82, 2.24) is 10.6 Å². The van der Waals surface area contributed by atoms with Crippen molar-refractivity contribution < 1.29 is 14.3 Å². The summed E-state index contributed by atoms with van der Waals surface area (Å²) in [6.45, 7) is 10.2. The molecule has 5 heteroatoms. The van der Waals surface area contributed by atoms with Crippen molar-refractivity contribution in [3.05, 3.63) is 0 Å². The average Bonchev–Trinajstić information content (AvgIpc) is 2.54. The standard InChI is InChI=1S/C15H30N2O3/c1-12(17-14(18)20-15(2,3)4)7-9-16-13-6-5-10-19-11-8-13/h12-13,16H,5-11H2,1-4H3,(H,17,18). The van der Waals surface area contributed by atoms with Gasteiger partial charge in [0.05, 0.1) is 0 Å². The summed E-state index contributed by atoms with van der Waals surface area (Å²) in [5, 5.41) is 6.40. The third-order valence-corrected chi connectivity index (χ3v) is 3.23. The smallest absolute Gasteiger partial charge is 0.407 e.